The number of carbonyl (C=O) groups is 1. The fourth-order valence-electron chi connectivity index (χ4n) is 3.28. The van der Waals surface area contributed by atoms with E-state index in [1.165, 1.54) is 0 Å². The quantitative estimate of drug-likeness (QED) is 0.796. The standard InChI is InChI=1S/C15H20N2O2/c16-12-6-3-5-11-9-17(15(19)14(11)12)8-10-4-1-2-7-13(10)18/h3,5-6,10,13,18H,1-2,4,7-9,16H2/t10-,13+/m1/s1. The van der Waals surface area contributed by atoms with Gasteiger partial charge in [-0.25, -0.2) is 0 Å². The van der Waals surface area contributed by atoms with Gasteiger partial charge in [0.05, 0.1) is 11.7 Å². The number of aliphatic hydroxyl groups is 1. The summed E-state index contributed by atoms with van der Waals surface area (Å²) in [7, 11) is 0. The molecule has 0 radical (unpaired) electrons. The Balaban J connectivity index is 1.75. The fourth-order valence-corrected chi connectivity index (χ4v) is 3.28. The van der Waals surface area contributed by atoms with Gasteiger partial charge in [-0.05, 0) is 24.5 Å². The van der Waals surface area contributed by atoms with Crippen molar-refractivity contribution < 1.29 is 9.90 Å². The molecule has 0 saturated heterocycles. The predicted octanol–water partition coefficient (Wildman–Crippen LogP) is 1.78. The van der Waals surface area contributed by atoms with Gasteiger partial charge in [-0.15, -0.1) is 0 Å². The van der Waals surface area contributed by atoms with Crippen LogP contribution in [0, 0.1) is 5.92 Å². The average Bonchev–Trinajstić information content (AvgIpc) is 2.71. The van der Waals surface area contributed by atoms with Crippen LogP contribution in [-0.4, -0.2) is 28.6 Å². The van der Waals surface area contributed by atoms with Gasteiger partial charge in [-0.2, -0.15) is 0 Å². The third-order valence-corrected chi connectivity index (χ3v) is 4.37. The number of nitrogen functional groups attached to an aromatic ring is 1. The molecule has 0 bridgehead atoms. The maximum atomic E-state index is 12.4. The van der Waals surface area contributed by atoms with Gasteiger partial charge in [0, 0.05) is 24.7 Å². The Morgan fingerprint density at radius 3 is 2.84 bits per heavy atom. The second-order valence-electron chi connectivity index (χ2n) is 5.68. The molecule has 1 aromatic carbocycles. The number of carbonyl (C=O) groups excluding carboxylic acids is 1. The number of rotatable bonds is 2. The number of nitrogens with two attached hydrogens (primary N) is 1. The molecule has 1 fully saturated rings. The molecule has 2 aliphatic rings. The van der Waals surface area contributed by atoms with E-state index in [0.717, 1.165) is 31.2 Å². The number of hydrogen-bond acceptors (Lipinski definition) is 3. The van der Waals surface area contributed by atoms with Crippen molar-refractivity contribution in [3.05, 3.63) is 29.3 Å². The lowest BCUT2D eigenvalue weighted by Crippen LogP contribution is -2.37. The lowest BCUT2D eigenvalue weighted by atomic mass is 9.86. The van der Waals surface area contributed by atoms with Crippen molar-refractivity contribution in [3.8, 4) is 0 Å². The topological polar surface area (TPSA) is 66.6 Å². The number of amides is 1. The van der Waals surface area contributed by atoms with Gasteiger partial charge in [-0.3, -0.25) is 4.79 Å². The largest absolute Gasteiger partial charge is 0.398 e. The molecule has 1 saturated carbocycles. The minimum Gasteiger partial charge on any atom is -0.398 e. The van der Waals surface area contributed by atoms with E-state index in [9.17, 15) is 9.90 Å². The SMILES string of the molecule is Nc1cccc2c1C(=O)N(C[C@H]1CCCC[C@@H]1O)C2. The van der Waals surface area contributed by atoms with Gasteiger partial charge in [0.25, 0.3) is 5.91 Å². The first-order valence-electron chi connectivity index (χ1n) is 7.01. The summed E-state index contributed by atoms with van der Waals surface area (Å²) >= 11 is 0. The summed E-state index contributed by atoms with van der Waals surface area (Å²) in [5.41, 5.74) is 8.12. The van der Waals surface area contributed by atoms with Gasteiger partial charge in [0.15, 0.2) is 0 Å². The lowest BCUT2D eigenvalue weighted by molar-refractivity contribution is 0.0414. The van der Waals surface area contributed by atoms with E-state index in [-0.39, 0.29) is 17.9 Å². The minimum absolute atomic E-state index is 0.0193. The molecule has 4 heteroatoms. The molecule has 19 heavy (non-hydrogen) atoms. The molecular formula is C15H20N2O2. The van der Waals surface area contributed by atoms with E-state index in [4.69, 9.17) is 5.73 Å². The second kappa shape index (κ2) is 4.85. The maximum Gasteiger partial charge on any atom is 0.256 e. The maximum absolute atomic E-state index is 12.4. The van der Waals surface area contributed by atoms with Crippen molar-refractivity contribution in [2.75, 3.05) is 12.3 Å². The van der Waals surface area contributed by atoms with Crippen LogP contribution in [0.25, 0.3) is 0 Å². The Hall–Kier alpha value is -1.55. The van der Waals surface area contributed by atoms with Gasteiger partial charge >= 0.3 is 0 Å². The van der Waals surface area contributed by atoms with Gasteiger partial charge in [0.1, 0.15) is 0 Å². The van der Waals surface area contributed by atoms with Crippen molar-refractivity contribution in [2.45, 2.75) is 38.3 Å². The Morgan fingerprint density at radius 2 is 2.11 bits per heavy atom. The zero-order valence-electron chi connectivity index (χ0n) is 11.0. The van der Waals surface area contributed by atoms with E-state index < -0.39 is 0 Å². The van der Waals surface area contributed by atoms with Crippen LogP contribution < -0.4 is 5.73 Å². The van der Waals surface area contributed by atoms with Crippen molar-refractivity contribution in [2.24, 2.45) is 5.92 Å². The Labute approximate surface area is 113 Å². The molecule has 0 aromatic heterocycles. The van der Waals surface area contributed by atoms with E-state index in [1.54, 1.807) is 6.07 Å². The number of aliphatic hydroxyl groups excluding tert-OH is 1. The van der Waals surface area contributed by atoms with Crippen LogP contribution in [0.3, 0.4) is 0 Å². The van der Waals surface area contributed by atoms with Crippen LogP contribution in [0.1, 0.15) is 41.6 Å². The van der Waals surface area contributed by atoms with Crippen molar-refractivity contribution in [1.82, 2.24) is 4.90 Å². The first-order valence-corrected chi connectivity index (χ1v) is 7.01. The van der Waals surface area contributed by atoms with Crippen molar-refractivity contribution >= 4 is 11.6 Å². The molecule has 1 heterocycles. The van der Waals surface area contributed by atoms with Crippen molar-refractivity contribution in [3.63, 3.8) is 0 Å². The van der Waals surface area contributed by atoms with Crippen molar-refractivity contribution in [1.29, 1.82) is 0 Å². The number of benzene rings is 1. The van der Waals surface area contributed by atoms with E-state index in [0.29, 0.717) is 24.3 Å². The molecule has 3 rings (SSSR count). The molecule has 1 amide bonds. The molecule has 2 atom stereocenters. The smallest absolute Gasteiger partial charge is 0.256 e. The fraction of sp³-hybridized carbons (Fsp3) is 0.533. The van der Waals surface area contributed by atoms with Crippen LogP contribution in [-0.2, 0) is 6.54 Å². The molecular weight excluding hydrogens is 240 g/mol. The van der Waals surface area contributed by atoms with Crippen LogP contribution in [0.5, 0.6) is 0 Å². The Kier molecular flexibility index (Phi) is 3.19. The first-order chi connectivity index (χ1) is 9.16. The summed E-state index contributed by atoms with van der Waals surface area (Å²) in [5, 5.41) is 10.0. The highest BCUT2D eigenvalue weighted by Gasteiger charge is 2.33. The highest BCUT2D eigenvalue weighted by Crippen LogP contribution is 2.31. The van der Waals surface area contributed by atoms with E-state index in [2.05, 4.69) is 0 Å². The molecule has 0 unspecified atom stereocenters. The summed E-state index contributed by atoms with van der Waals surface area (Å²) in [6.45, 7) is 1.27. The van der Waals surface area contributed by atoms with Crippen LogP contribution in [0.4, 0.5) is 5.69 Å². The molecule has 4 nitrogen and oxygen atoms in total. The molecule has 0 spiro atoms. The van der Waals surface area contributed by atoms with Crippen LogP contribution >= 0.6 is 0 Å². The van der Waals surface area contributed by atoms with E-state index >= 15 is 0 Å². The predicted molar refractivity (Wildman–Crippen MR) is 73.6 cm³/mol. The third-order valence-electron chi connectivity index (χ3n) is 4.37. The zero-order chi connectivity index (χ0) is 13.4. The molecule has 3 N–H and O–H groups in total. The zero-order valence-corrected chi connectivity index (χ0v) is 11.0. The number of fused-ring (bicyclic) bond motifs is 1. The normalized spacial score (nSPS) is 26.6. The second-order valence-corrected chi connectivity index (χ2v) is 5.68. The summed E-state index contributed by atoms with van der Waals surface area (Å²) in [5.74, 6) is 0.235. The minimum atomic E-state index is -0.261. The number of nitrogens with zero attached hydrogens (tertiary/aromatic N) is 1. The summed E-state index contributed by atoms with van der Waals surface area (Å²) < 4.78 is 0. The summed E-state index contributed by atoms with van der Waals surface area (Å²) in [6.07, 6.45) is 3.86. The highest BCUT2D eigenvalue weighted by atomic mass is 16.3. The van der Waals surface area contributed by atoms with Gasteiger partial charge in [0.2, 0.25) is 0 Å². The number of hydrogen-bond donors (Lipinski definition) is 2. The lowest BCUT2D eigenvalue weighted by Gasteiger charge is -2.31. The Morgan fingerprint density at radius 1 is 1.32 bits per heavy atom. The van der Waals surface area contributed by atoms with Crippen LogP contribution in [0.15, 0.2) is 18.2 Å². The van der Waals surface area contributed by atoms with Gasteiger partial charge < -0.3 is 15.7 Å². The molecule has 102 valence electrons. The molecule has 1 aromatic rings. The number of anilines is 1. The average molecular weight is 260 g/mol. The summed E-state index contributed by atoms with van der Waals surface area (Å²) in [6, 6.07) is 5.62. The third kappa shape index (κ3) is 2.21. The van der Waals surface area contributed by atoms with E-state index in [1.807, 2.05) is 17.0 Å². The molecule has 1 aliphatic heterocycles. The Bertz CT molecular complexity index is 501. The van der Waals surface area contributed by atoms with Crippen LogP contribution in [0.2, 0.25) is 0 Å². The molecule has 1 aliphatic carbocycles. The highest BCUT2D eigenvalue weighted by molar-refractivity contribution is 6.03. The first kappa shape index (κ1) is 12.5. The van der Waals surface area contributed by atoms with Gasteiger partial charge in [-0.1, -0.05) is 25.0 Å². The summed E-state index contributed by atoms with van der Waals surface area (Å²) in [4.78, 5) is 14.2. The monoisotopic (exact) mass is 260 g/mol.